The van der Waals surface area contributed by atoms with Gasteiger partial charge in [0.05, 0.1) is 17.1 Å². The van der Waals surface area contributed by atoms with Crippen LogP contribution in [0.3, 0.4) is 0 Å². The van der Waals surface area contributed by atoms with Crippen LogP contribution in [0.1, 0.15) is 31.9 Å². The van der Waals surface area contributed by atoms with E-state index in [4.69, 9.17) is 4.74 Å². The van der Waals surface area contributed by atoms with Crippen LogP contribution >= 0.6 is 0 Å². The molecule has 0 unspecified atom stereocenters. The zero-order valence-electron chi connectivity index (χ0n) is 24.7. The SMILES string of the molecule is CN(C)Cc1ccc(-c2ccc(S(=O)(=O)n3ccc(/C=C/C(=O)Nc4ccccc4NC(=O)OC(C)(C)C)c3)cn2)cc1. The summed E-state index contributed by atoms with van der Waals surface area (Å²) in [4.78, 5) is 31.3. The predicted octanol–water partition coefficient (Wildman–Crippen LogP) is 5.85. The number of carbonyl (C=O) groups is 2. The number of hydrogen-bond acceptors (Lipinski definition) is 7. The average Bonchev–Trinajstić information content (AvgIpc) is 3.42. The summed E-state index contributed by atoms with van der Waals surface area (Å²) in [5, 5.41) is 5.34. The first-order valence-corrected chi connectivity index (χ1v) is 15.0. The quantitative estimate of drug-likeness (QED) is 0.231. The summed E-state index contributed by atoms with van der Waals surface area (Å²) in [6.07, 6.45) is 6.28. The van der Waals surface area contributed by atoms with Crippen molar-refractivity contribution in [1.29, 1.82) is 0 Å². The molecule has 2 aromatic carbocycles. The lowest BCUT2D eigenvalue weighted by Gasteiger charge is -2.20. The number of para-hydroxylation sites is 2. The van der Waals surface area contributed by atoms with E-state index >= 15 is 0 Å². The van der Waals surface area contributed by atoms with Crippen LogP contribution in [0.5, 0.6) is 0 Å². The third-order valence-corrected chi connectivity index (χ3v) is 7.62. The minimum absolute atomic E-state index is 0.0402. The summed E-state index contributed by atoms with van der Waals surface area (Å²) in [5.74, 6) is -0.469. The highest BCUT2D eigenvalue weighted by molar-refractivity contribution is 7.90. The van der Waals surface area contributed by atoms with Crippen molar-refractivity contribution in [3.63, 3.8) is 0 Å². The number of pyridine rings is 1. The molecule has 0 atom stereocenters. The van der Waals surface area contributed by atoms with E-state index in [1.165, 1.54) is 42.4 Å². The van der Waals surface area contributed by atoms with Crippen molar-refractivity contribution < 1.29 is 22.7 Å². The Labute approximate surface area is 252 Å². The topological polar surface area (TPSA) is 123 Å². The van der Waals surface area contributed by atoms with Gasteiger partial charge in [-0.25, -0.2) is 17.2 Å². The van der Waals surface area contributed by atoms with Gasteiger partial charge in [-0.05, 0) is 82.4 Å². The lowest BCUT2D eigenvalue weighted by atomic mass is 10.1. The number of nitrogens with one attached hydrogen (secondary N) is 2. The molecule has 2 N–H and O–H groups in total. The average molecular weight is 602 g/mol. The molecule has 0 saturated heterocycles. The minimum atomic E-state index is -3.89. The molecular formula is C32H35N5O5S. The van der Waals surface area contributed by atoms with Crippen LogP contribution < -0.4 is 10.6 Å². The van der Waals surface area contributed by atoms with Crippen molar-refractivity contribution in [1.82, 2.24) is 13.9 Å². The highest BCUT2D eigenvalue weighted by Crippen LogP contribution is 2.23. The normalized spacial score (nSPS) is 12.0. The predicted molar refractivity (Wildman–Crippen MR) is 168 cm³/mol. The Hall–Kier alpha value is -4.74. The van der Waals surface area contributed by atoms with Gasteiger partial charge in [0.15, 0.2) is 0 Å². The Morgan fingerprint density at radius 3 is 2.23 bits per heavy atom. The van der Waals surface area contributed by atoms with Gasteiger partial charge in [0.1, 0.15) is 10.5 Å². The number of benzene rings is 2. The molecule has 0 aliphatic heterocycles. The largest absolute Gasteiger partial charge is 0.444 e. The molecule has 43 heavy (non-hydrogen) atoms. The molecule has 0 fully saturated rings. The molecule has 2 amide bonds. The van der Waals surface area contributed by atoms with Crippen LogP contribution in [-0.4, -0.2) is 54.0 Å². The number of rotatable bonds is 9. The second kappa shape index (κ2) is 13.1. The zero-order chi connectivity index (χ0) is 31.2. The van der Waals surface area contributed by atoms with Crippen LogP contribution in [0.2, 0.25) is 0 Å². The van der Waals surface area contributed by atoms with Crippen molar-refractivity contribution in [2.45, 2.75) is 37.8 Å². The van der Waals surface area contributed by atoms with Gasteiger partial charge in [-0.2, -0.15) is 0 Å². The van der Waals surface area contributed by atoms with Gasteiger partial charge >= 0.3 is 6.09 Å². The van der Waals surface area contributed by atoms with E-state index in [9.17, 15) is 18.0 Å². The maximum atomic E-state index is 13.2. The van der Waals surface area contributed by atoms with Gasteiger partial charge in [-0.1, -0.05) is 36.4 Å². The molecule has 2 aromatic heterocycles. The van der Waals surface area contributed by atoms with E-state index in [1.54, 1.807) is 57.2 Å². The summed E-state index contributed by atoms with van der Waals surface area (Å²) in [6, 6.07) is 19.5. The summed E-state index contributed by atoms with van der Waals surface area (Å²) >= 11 is 0. The number of aromatic nitrogens is 2. The van der Waals surface area contributed by atoms with Crippen LogP contribution in [0.15, 0.2) is 96.3 Å². The molecule has 10 nitrogen and oxygen atoms in total. The van der Waals surface area contributed by atoms with Crippen molar-refractivity contribution in [2.24, 2.45) is 0 Å². The first-order chi connectivity index (χ1) is 20.3. The molecular weight excluding hydrogens is 566 g/mol. The molecule has 4 rings (SSSR count). The molecule has 0 radical (unpaired) electrons. The summed E-state index contributed by atoms with van der Waals surface area (Å²) in [7, 11) is 0.118. The lowest BCUT2D eigenvalue weighted by molar-refractivity contribution is -0.111. The number of carbonyl (C=O) groups excluding carboxylic acids is 2. The molecule has 0 saturated carbocycles. The monoisotopic (exact) mass is 601 g/mol. The van der Waals surface area contributed by atoms with E-state index in [-0.39, 0.29) is 4.90 Å². The zero-order valence-corrected chi connectivity index (χ0v) is 25.6. The highest BCUT2D eigenvalue weighted by Gasteiger charge is 2.19. The number of nitrogens with zero attached hydrogens (tertiary/aromatic N) is 3. The summed E-state index contributed by atoms with van der Waals surface area (Å²) in [5.41, 5.74) is 3.30. The molecule has 0 aliphatic rings. The lowest BCUT2D eigenvalue weighted by Crippen LogP contribution is -2.27. The Morgan fingerprint density at radius 1 is 0.953 bits per heavy atom. The second-order valence-electron chi connectivity index (χ2n) is 11.1. The molecule has 0 bridgehead atoms. The fraction of sp³-hybridized carbons (Fsp3) is 0.219. The number of anilines is 2. The third kappa shape index (κ3) is 8.63. The summed E-state index contributed by atoms with van der Waals surface area (Å²) in [6.45, 7) is 6.09. The maximum Gasteiger partial charge on any atom is 0.412 e. The van der Waals surface area contributed by atoms with Gasteiger partial charge in [0, 0.05) is 36.8 Å². The molecule has 2 heterocycles. The number of hydrogen-bond donors (Lipinski definition) is 2. The molecule has 0 aliphatic carbocycles. The van der Waals surface area contributed by atoms with Crippen LogP contribution in [0.25, 0.3) is 17.3 Å². The van der Waals surface area contributed by atoms with E-state index < -0.39 is 27.6 Å². The van der Waals surface area contributed by atoms with Crippen LogP contribution in [0, 0.1) is 0 Å². The van der Waals surface area contributed by atoms with Crippen LogP contribution in [-0.2, 0) is 26.1 Å². The highest BCUT2D eigenvalue weighted by atomic mass is 32.2. The van der Waals surface area contributed by atoms with E-state index in [1.807, 2.05) is 38.4 Å². The molecule has 11 heteroatoms. The van der Waals surface area contributed by atoms with E-state index in [0.29, 0.717) is 22.6 Å². The smallest absolute Gasteiger partial charge is 0.412 e. The van der Waals surface area contributed by atoms with Crippen molar-refractivity contribution in [2.75, 3.05) is 24.7 Å². The van der Waals surface area contributed by atoms with Crippen molar-refractivity contribution in [3.05, 3.63) is 103 Å². The first kappa shape index (κ1) is 31.2. The fourth-order valence-electron chi connectivity index (χ4n) is 4.07. The van der Waals surface area contributed by atoms with Gasteiger partial charge in [-0.3, -0.25) is 15.1 Å². The molecule has 224 valence electrons. The van der Waals surface area contributed by atoms with E-state index in [0.717, 1.165) is 16.1 Å². The van der Waals surface area contributed by atoms with Gasteiger partial charge in [0.2, 0.25) is 5.91 Å². The Balaban J connectivity index is 1.41. The number of ether oxygens (including phenoxy) is 1. The number of amides is 2. The first-order valence-electron chi connectivity index (χ1n) is 13.5. The van der Waals surface area contributed by atoms with Gasteiger partial charge in [0.25, 0.3) is 10.0 Å². The third-order valence-electron chi connectivity index (χ3n) is 6.00. The Kier molecular flexibility index (Phi) is 9.47. The maximum absolute atomic E-state index is 13.2. The van der Waals surface area contributed by atoms with Crippen molar-refractivity contribution >= 4 is 39.5 Å². The Morgan fingerprint density at radius 2 is 1.63 bits per heavy atom. The van der Waals surface area contributed by atoms with Gasteiger partial charge in [-0.15, -0.1) is 0 Å². The second-order valence-corrected chi connectivity index (χ2v) is 12.9. The summed E-state index contributed by atoms with van der Waals surface area (Å²) < 4.78 is 32.8. The van der Waals surface area contributed by atoms with E-state index in [2.05, 4.69) is 20.5 Å². The van der Waals surface area contributed by atoms with Gasteiger partial charge < -0.3 is 15.0 Å². The Bertz CT molecular complexity index is 1720. The van der Waals surface area contributed by atoms with Crippen LogP contribution in [0.4, 0.5) is 16.2 Å². The fourth-order valence-corrected chi connectivity index (χ4v) is 5.22. The van der Waals surface area contributed by atoms with Crippen molar-refractivity contribution in [3.8, 4) is 11.3 Å². The molecule has 0 spiro atoms. The minimum Gasteiger partial charge on any atom is -0.444 e. The molecule has 4 aromatic rings. The standard InChI is InChI=1S/C32H35N5O5S/c1-32(2,3)42-31(39)35-29-9-7-6-8-28(29)34-30(38)17-12-24-18-19-37(22-24)43(40,41)26-15-16-27(33-20-26)25-13-10-23(11-14-25)21-36(4)5/h6-20,22H,21H2,1-5H3,(H,34,38)(H,35,39)/b17-12+.